The number of hydrogen-bond donors (Lipinski definition) is 0. The SMILES string of the molecule is COc1ccc(/C=N\N(C)c2cc(-c3ccccc3)nc(-c3ccc(Br)cc3)n2)cc1OC. The Kier molecular flexibility index (Phi) is 7.00. The highest BCUT2D eigenvalue weighted by molar-refractivity contribution is 9.10. The molecule has 0 amide bonds. The molecule has 0 N–H and O–H groups in total. The molecule has 0 atom stereocenters. The molecule has 4 aromatic rings. The van der Waals surface area contributed by atoms with Crippen molar-refractivity contribution in [3.63, 3.8) is 0 Å². The van der Waals surface area contributed by atoms with E-state index >= 15 is 0 Å². The van der Waals surface area contributed by atoms with Crippen LogP contribution in [0.5, 0.6) is 11.5 Å². The normalized spacial score (nSPS) is 10.9. The van der Waals surface area contributed by atoms with Gasteiger partial charge in [-0.2, -0.15) is 5.10 Å². The van der Waals surface area contributed by atoms with Crippen molar-refractivity contribution < 1.29 is 9.47 Å². The lowest BCUT2D eigenvalue weighted by Gasteiger charge is -2.15. The van der Waals surface area contributed by atoms with Gasteiger partial charge in [0.1, 0.15) is 0 Å². The van der Waals surface area contributed by atoms with Gasteiger partial charge in [-0.3, -0.25) is 5.01 Å². The number of benzene rings is 3. The number of nitrogens with zero attached hydrogens (tertiary/aromatic N) is 4. The highest BCUT2D eigenvalue weighted by Gasteiger charge is 2.11. The molecule has 1 aromatic heterocycles. The summed E-state index contributed by atoms with van der Waals surface area (Å²) in [5.74, 6) is 2.63. The van der Waals surface area contributed by atoms with Crippen LogP contribution in [-0.2, 0) is 0 Å². The Morgan fingerprint density at radius 1 is 0.818 bits per heavy atom. The number of methoxy groups -OCH3 is 2. The van der Waals surface area contributed by atoms with Crippen LogP contribution in [0.1, 0.15) is 5.56 Å². The van der Waals surface area contributed by atoms with Gasteiger partial charge in [0.2, 0.25) is 0 Å². The van der Waals surface area contributed by atoms with E-state index in [2.05, 4.69) is 21.0 Å². The molecule has 0 fully saturated rings. The maximum absolute atomic E-state index is 5.38. The summed E-state index contributed by atoms with van der Waals surface area (Å²) in [7, 11) is 5.09. The number of aromatic nitrogens is 2. The number of rotatable bonds is 7. The number of halogens is 1. The van der Waals surface area contributed by atoms with Gasteiger partial charge in [-0.15, -0.1) is 0 Å². The summed E-state index contributed by atoms with van der Waals surface area (Å²) < 4.78 is 11.7. The molecule has 0 saturated heterocycles. The molecule has 7 heteroatoms. The Morgan fingerprint density at radius 2 is 1.55 bits per heavy atom. The molecule has 4 rings (SSSR count). The molecule has 33 heavy (non-hydrogen) atoms. The maximum Gasteiger partial charge on any atom is 0.162 e. The van der Waals surface area contributed by atoms with Gasteiger partial charge < -0.3 is 9.47 Å². The van der Waals surface area contributed by atoms with Gasteiger partial charge in [0.05, 0.1) is 26.1 Å². The van der Waals surface area contributed by atoms with E-state index in [9.17, 15) is 0 Å². The molecule has 0 radical (unpaired) electrons. The topological polar surface area (TPSA) is 59.8 Å². The smallest absolute Gasteiger partial charge is 0.162 e. The number of hydrogen-bond acceptors (Lipinski definition) is 6. The second-order valence-electron chi connectivity index (χ2n) is 7.19. The van der Waals surface area contributed by atoms with Crippen LogP contribution in [0.3, 0.4) is 0 Å². The van der Waals surface area contributed by atoms with Gasteiger partial charge in [0.15, 0.2) is 23.1 Å². The Hall–Kier alpha value is -3.71. The summed E-state index contributed by atoms with van der Waals surface area (Å²) in [5.41, 5.74) is 3.64. The second kappa shape index (κ2) is 10.3. The third-order valence-corrected chi connectivity index (χ3v) is 5.53. The molecule has 6 nitrogen and oxygen atoms in total. The van der Waals surface area contributed by atoms with Crippen molar-refractivity contribution in [2.45, 2.75) is 0 Å². The molecule has 0 spiro atoms. The zero-order valence-corrected chi connectivity index (χ0v) is 20.2. The first kappa shape index (κ1) is 22.5. The minimum absolute atomic E-state index is 0.631. The van der Waals surface area contributed by atoms with Crippen molar-refractivity contribution in [2.24, 2.45) is 5.10 Å². The van der Waals surface area contributed by atoms with Crippen molar-refractivity contribution >= 4 is 28.0 Å². The quantitative estimate of drug-likeness (QED) is 0.227. The predicted octanol–water partition coefficient (Wildman–Crippen LogP) is 6.06. The summed E-state index contributed by atoms with van der Waals surface area (Å²) in [6.45, 7) is 0. The van der Waals surface area contributed by atoms with Gasteiger partial charge in [-0.1, -0.05) is 58.4 Å². The highest BCUT2D eigenvalue weighted by Crippen LogP contribution is 2.28. The average Bonchev–Trinajstić information content (AvgIpc) is 2.87. The van der Waals surface area contributed by atoms with Gasteiger partial charge in [0, 0.05) is 28.7 Å². The lowest BCUT2D eigenvalue weighted by Crippen LogP contribution is -2.12. The van der Waals surface area contributed by atoms with Crippen LogP contribution in [0.15, 0.2) is 88.4 Å². The molecule has 0 aliphatic heterocycles. The molecule has 0 aliphatic carbocycles. The van der Waals surface area contributed by atoms with E-state index in [1.54, 1.807) is 25.4 Å². The van der Waals surface area contributed by atoms with E-state index in [0.29, 0.717) is 23.1 Å². The van der Waals surface area contributed by atoms with E-state index < -0.39 is 0 Å². The van der Waals surface area contributed by atoms with Crippen LogP contribution in [-0.4, -0.2) is 37.4 Å². The Morgan fingerprint density at radius 3 is 2.24 bits per heavy atom. The van der Waals surface area contributed by atoms with Gasteiger partial charge in [0.25, 0.3) is 0 Å². The van der Waals surface area contributed by atoms with Crippen LogP contribution in [0.25, 0.3) is 22.6 Å². The molecule has 0 aliphatic rings. The fourth-order valence-corrected chi connectivity index (χ4v) is 3.49. The molecule has 3 aromatic carbocycles. The Bertz CT molecular complexity index is 1260. The predicted molar refractivity (Wildman–Crippen MR) is 136 cm³/mol. The first-order valence-electron chi connectivity index (χ1n) is 10.3. The van der Waals surface area contributed by atoms with E-state index in [0.717, 1.165) is 26.9 Å². The molecule has 0 bridgehead atoms. The minimum Gasteiger partial charge on any atom is -0.493 e. The lowest BCUT2D eigenvalue weighted by molar-refractivity contribution is 0.355. The van der Waals surface area contributed by atoms with Crippen molar-refractivity contribution in [1.82, 2.24) is 9.97 Å². The van der Waals surface area contributed by atoms with Crippen LogP contribution in [0, 0.1) is 0 Å². The summed E-state index contributed by atoms with van der Waals surface area (Å²) in [5, 5.41) is 6.32. The minimum atomic E-state index is 0.631. The van der Waals surface area contributed by atoms with Gasteiger partial charge in [-0.25, -0.2) is 9.97 Å². The van der Waals surface area contributed by atoms with Crippen molar-refractivity contribution in [2.75, 3.05) is 26.3 Å². The van der Waals surface area contributed by atoms with Crippen molar-refractivity contribution in [1.29, 1.82) is 0 Å². The van der Waals surface area contributed by atoms with Gasteiger partial charge in [-0.05, 0) is 35.9 Å². The average molecular weight is 503 g/mol. The highest BCUT2D eigenvalue weighted by atomic mass is 79.9. The second-order valence-corrected chi connectivity index (χ2v) is 8.11. The molecule has 166 valence electrons. The van der Waals surface area contributed by atoms with Crippen LogP contribution >= 0.6 is 15.9 Å². The molecular formula is C26H23BrN4O2. The van der Waals surface area contributed by atoms with Crippen LogP contribution < -0.4 is 14.5 Å². The fraction of sp³-hybridized carbons (Fsp3) is 0.115. The number of hydrazone groups is 1. The van der Waals surface area contributed by atoms with E-state index in [1.807, 2.05) is 85.9 Å². The van der Waals surface area contributed by atoms with Crippen molar-refractivity contribution in [3.8, 4) is 34.1 Å². The summed E-state index contributed by atoms with van der Waals surface area (Å²) in [4.78, 5) is 9.58. The van der Waals surface area contributed by atoms with E-state index in [-0.39, 0.29) is 0 Å². The molecule has 0 unspecified atom stereocenters. The number of ether oxygens (including phenoxy) is 2. The Balaban J connectivity index is 1.70. The Labute approximate surface area is 201 Å². The fourth-order valence-electron chi connectivity index (χ4n) is 3.23. The summed E-state index contributed by atoms with van der Waals surface area (Å²) in [6, 6.07) is 25.6. The van der Waals surface area contributed by atoms with Crippen molar-refractivity contribution in [3.05, 3.63) is 88.9 Å². The molecular weight excluding hydrogens is 480 g/mol. The summed E-state index contributed by atoms with van der Waals surface area (Å²) in [6.07, 6.45) is 1.76. The molecule has 0 saturated carbocycles. The summed E-state index contributed by atoms with van der Waals surface area (Å²) >= 11 is 3.48. The zero-order chi connectivity index (χ0) is 23.2. The maximum atomic E-state index is 5.38. The number of anilines is 1. The largest absolute Gasteiger partial charge is 0.493 e. The first-order chi connectivity index (χ1) is 16.1. The monoisotopic (exact) mass is 502 g/mol. The standard InChI is InChI=1S/C26H23BrN4O2/c1-31(28-17-18-9-14-23(32-2)24(15-18)33-3)25-16-22(19-7-5-4-6-8-19)29-26(30-25)20-10-12-21(27)13-11-20/h4-17H,1-3H3/b28-17-. The third kappa shape index (κ3) is 5.38. The van der Waals surface area contributed by atoms with Crippen LogP contribution in [0.4, 0.5) is 5.82 Å². The van der Waals surface area contributed by atoms with Crippen LogP contribution in [0.2, 0.25) is 0 Å². The third-order valence-electron chi connectivity index (χ3n) is 5.00. The zero-order valence-electron chi connectivity index (χ0n) is 18.6. The lowest BCUT2D eigenvalue weighted by atomic mass is 10.1. The molecule has 1 heterocycles. The van der Waals surface area contributed by atoms with E-state index in [4.69, 9.17) is 19.4 Å². The van der Waals surface area contributed by atoms with E-state index in [1.165, 1.54) is 0 Å². The first-order valence-corrected chi connectivity index (χ1v) is 11.1. The van der Waals surface area contributed by atoms with Gasteiger partial charge >= 0.3 is 0 Å².